The molecule has 2 atom stereocenters. The van der Waals surface area contributed by atoms with E-state index in [1.807, 2.05) is 0 Å². The van der Waals surface area contributed by atoms with Crippen LogP contribution < -0.4 is 4.52 Å². The predicted molar refractivity (Wildman–Crippen MR) is 124 cm³/mol. The molecule has 32 heavy (non-hydrogen) atoms. The molecule has 1 aromatic carbocycles. The molecule has 0 aliphatic rings. The van der Waals surface area contributed by atoms with E-state index < -0.39 is 24.6 Å². The lowest BCUT2D eigenvalue weighted by Gasteiger charge is -2.27. The van der Waals surface area contributed by atoms with Crippen LogP contribution in [-0.4, -0.2) is 40.1 Å². The molecular weight excluding hydrogens is 479 g/mol. The van der Waals surface area contributed by atoms with Crippen molar-refractivity contribution in [2.45, 2.75) is 32.8 Å². The number of hydrogen-bond acceptors (Lipinski definition) is 7. The smallest absolute Gasteiger partial charge is 0.461 e. The quantitative estimate of drug-likeness (QED) is 0.116. The fourth-order valence-electron chi connectivity index (χ4n) is 2.70. The molecule has 0 amide bonds. The number of unbranched alkanes of at least 4 members (excludes halogenated alkanes) is 1. The lowest BCUT2D eigenvalue weighted by atomic mass is 10.0. The standard InChI is InChI=1S/C20H26ClN2O7PS/c1-15(20(24)25)13-16-5-7-17(8-6-16)30-31(28,22(2)12-4-3-11-21)29-14-18-9-10-19(32-18)23(26)27/h5-10,15H,3-4,11-14H2,1-2H3,(H,24,25). The predicted octanol–water partition coefficient (Wildman–Crippen LogP) is 5.57. The zero-order valence-corrected chi connectivity index (χ0v) is 20.3. The molecule has 2 unspecified atom stereocenters. The van der Waals surface area contributed by atoms with Gasteiger partial charge in [0.1, 0.15) is 5.75 Å². The molecule has 2 rings (SSSR count). The molecule has 12 heteroatoms. The van der Waals surface area contributed by atoms with Gasteiger partial charge in [-0.15, -0.1) is 11.6 Å². The Morgan fingerprint density at radius 2 is 1.97 bits per heavy atom. The van der Waals surface area contributed by atoms with Gasteiger partial charge in [-0.1, -0.05) is 30.4 Å². The first-order chi connectivity index (χ1) is 15.1. The molecule has 176 valence electrons. The normalized spacial score (nSPS) is 14.1. The topological polar surface area (TPSA) is 119 Å². The Kier molecular flexibility index (Phi) is 10.1. The fourth-order valence-corrected chi connectivity index (χ4v) is 5.18. The number of nitrogens with zero attached hydrogens (tertiary/aromatic N) is 2. The van der Waals surface area contributed by atoms with Crippen molar-refractivity contribution in [3.8, 4) is 5.75 Å². The van der Waals surface area contributed by atoms with Gasteiger partial charge in [0.15, 0.2) is 0 Å². The van der Waals surface area contributed by atoms with E-state index in [0.717, 1.165) is 23.3 Å². The number of aliphatic carboxylic acids is 1. The van der Waals surface area contributed by atoms with Gasteiger partial charge in [-0.05, 0) is 50.1 Å². The lowest BCUT2D eigenvalue weighted by molar-refractivity contribution is -0.380. The van der Waals surface area contributed by atoms with Gasteiger partial charge < -0.3 is 9.63 Å². The summed E-state index contributed by atoms with van der Waals surface area (Å²) >= 11 is 6.67. The van der Waals surface area contributed by atoms with Gasteiger partial charge in [-0.3, -0.25) is 19.4 Å². The average molecular weight is 505 g/mol. The summed E-state index contributed by atoms with van der Waals surface area (Å²) in [5.74, 6) is -0.620. The summed E-state index contributed by atoms with van der Waals surface area (Å²) in [6, 6.07) is 9.59. The second-order valence-corrected chi connectivity index (χ2v) is 10.8. The number of carbonyl (C=O) groups is 1. The first-order valence-electron chi connectivity index (χ1n) is 9.91. The van der Waals surface area contributed by atoms with Crippen LogP contribution in [0.3, 0.4) is 0 Å². The van der Waals surface area contributed by atoms with E-state index in [1.165, 1.54) is 10.7 Å². The Morgan fingerprint density at radius 1 is 1.28 bits per heavy atom. The second-order valence-electron chi connectivity index (χ2n) is 7.20. The zero-order valence-electron chi connectivity index (χ0n) is 17.8. The number of rotatable bonds is 14. The van der Waals surface area contributed by atoms with Crippen molar-refractivity contribution < 1.29 is 28.4 Å². The first-order valence-corrected chi connectivity index (χ1v) is 12.8. The highest BCUT2D eigenvalue weighted by atomic mass is 35.5. The van der Waals surface area contributed by atoms with E-state index in [1.54, 1.807) is 44.3 Å². The van der Waals surface area contributed by atoms with Crippen molar-refractivity contribution in [3.63, 3.8) is 0 Å². The maximum Gasteiger partial charge on any atom is 0.461 e. The average Bonchev–Trinajstić information content (AvgIpc) is 3.23. The lowest BCUT2D eigenvalue weighted by Crippen LogP contribution is -2.21. The van der Waals surface area contributed by atoms with Crippen LogP contribution in [0.15, 0.2) is 36.4 Å². The third kappa shape index (κ3) is 7.86. The zero-order chi connectivity index (χ0) is 23.7. The van der Waals surface area contributed by atoms with Gasteiger partial charge in [0.05, 0.1) is 17.4 Å². The maximum absolute atomic E-state index is 13.6. The molecule has 0 saturated heterocycles. The highest BCUT2D eigenvalue weighted by Crippen LogP contribution is 2.52. The van der Waals surface area contributed by atoms with E-state index in [2.05, 4.69) is 0 Å². The van der Waals surface area contributed by atoms with E-state index in [0.29, 0.717) is 35.9 Å². The highest BCUT2D eigenvalue weighted by molar-refractivity contribution is 7.51. The van der Waals surface area contributed by atoms with Crippen LogP contribution in [-0.2, 0) is 26.9 Å². The van der Waals surface area contributed by atoms with Crippen molar-refractivity contribution in [1.82, 2.24) is 4.67 Å². The van der Waals surface area contributed by atoms with E-state index >= 15 is 0 Å². The van der Waals surface area contributed by atoms with Crippen molar-refractivity contribution in [2.24, 2.45) is 5.92 Å². The molecular formula is C20H26ClN2O7PS. The van der Waals surface area contributed by atoms with Crippen LogP contribution in [0.25, 0.3) is 0 Å². The number of hydrogen-bond donors (Lipinski definition) is 1. The number of thiophene rings is 1. The van der Waals surface area contributed by atoms with Crippen molar-refractivity contribution in [1.29, 1.82) is 0 Å². The molecule has 0 bridgehead atoms. The Bertz CT molecular complexity index is 954. The molecule has 2 aromatic rings. The van der Waals surface area contributed by atoms with Crippen LogP contribution in [0.5, 0.6) is 5.75 Å². The number of carboxylic acid groups (broad SMARTS) is 1. The number of alkyl halides is 1. The molecule has 0 fully saturated rings. The monoisotopic (exact) mass is 504 g/mol. The van der Waals surface area contributed by atoms with Crippen LogP contribution in [0.1, 0.15) is 30.2 Å². The van der Waals surface area contributed by atoms with Gasteiger partial charge in [-0.25, -0.2) is 9.24 Å². The SMILES string of the molecule is CC(Cc1ccc(OP(=O)(OCc2ccc([N+](=O)[O-])s2)N(C)CCCCCl)cc1)C(=O)O. The number of benzene rings is 1. The van der Waals surface area contributed by atoms with Crippen LogP contribution >= 0.6 is 30.7 Å². The maximum atomic E-state index is 13.6. The van der Waals surface area contributed by atoms with Gasteiger partial charge >= 0.3 is 18.7 Å². The molecule has 0 aliphatic heterocycles. The van der Waals surface area contributed by atoms with Crippen LogP contribution in [0.2, 0.25) is 0 Å². The number of nitro groups is 1. The Labute approximate surface area is 195 Å². The summed E-state index contributed by atoms with van der Waals surface area (Å²) in [4.78, 5) is 22.0. The largest absolute Gasteiger partial charge is 0.481 e. The minimum absolute atomic E-state index is 0.0269. The minimum atomic E-state index is -3.78. The summed E-state index contributed by atoms with van der Waals surface area (Å²) < 4.78 is 26.5. The van der Waals surface area contributed by atoms with Crippen molar-refractivity contribution in [3.05, 3.63) is 57.0 Å². The Hall–Kier alpha value is -1.97. The van der Waals surface area contributed by atoms with Crippen molar-refractivity contribution >= 4 is 41.7 Å². The summed E-state index contributed by atoms with van der Waals surface area (Å²) in [5.41, 5.74) is 0.810. The molecule has 0 aliphatic carbocycles. The molecule has 9 nitrogen and oxygen atoms in total. The van der Waals surface area contributed by atoms with E-state index in [-0.39, 0.29) is 11.6 Å². The molecule has 1 N–H and O–H groups in total. The van der Waals surface area contributed by atoms with Crippen LogP contribution in [0.4, 0.5) is 5.00 Å². The summed E-state index contributed by atoms with van der Waals surface area (Å²) in [6.45, 7) is 1.94. The first kappa shape index (κ1) is 26.3. The summed E-state index contributed by atoms with van der Waals surface area (Å²) in [7, 11) is -2.16. The molecule has 0 spiro atoms. The highest BCUT2D eigenvalue weighted by Gasteiger charge is 2.33. The Morgan fingerprint density at radius 3 is 2.53 bits per heavy atom. The number of carboxylic acids is 1. The van der Waals surface area contributed by atoms with E-state index in [4.69, 9.17) is 25.8 Å². The molecule has 1 heterocycles. The third-order valence-corrected chi connectivity index (χ3v) is 7.80. The van der Waals surface area contributed by atoms with Gasteiger partial charge in [-0.2, -0.15) is 0 Å². The molecule has 0 saturated carbocycles. The third-order valence-electron chi connectivity index (χ3n) is 4.59. The Balaban J connectivity index is 2.13. The van der Waals surface area contributed by atoms with E-state index in [9.17, 15) is 19.5 Å². The summed E-state index contributed by atoms with van der Waals surface area (Å²) in [5, 5.41) is 19.9. The minimum Gasteiger partial charge on any atom is -0.481 e. The number of halogens is 1. The van der Waals surface area contributed by atoms with Gasteiger partial charge in [0.25, 0.3) is 0 Å². The fraction of sp³-hybridized carbons (Fsp3) is 0.450. The van der Waals surface area contributed by atoms with Crippen molar-refractivity contribution in [2.75, 3.05) is 19.5 Å². The molecule has 0 radical (unpaired) electrons. The van der Waals surface area contributed by atoms with Crippen LogP contribution in [0, 0.1) is 16.0 Å². The van der Waals surface area contributed by atoms with Gasteiger partial charge in [0, 0.05) is 23.4 Å². The molecule has 1 aromatic heterocycles. The second kappa shape index (κ2) is 12.3. The summed E-state index contributed by atoms with van der Waals surface area (Å²) in [6.07, 6.45) is 1.78. The van der Waals surface area contributed by atoms with Gasteiger partial charge in [0.2, 0.25) is 0 Å².